The second-order valence-corrected chi connectivity index (χ2v) is 6.33. The summed E-state index contributed by atoms with van der Waals surface area (Å²) >= 11 is 1.23. The van der Waals surface area contributed by atoms with Crippen LogP contribution < -0.4 is 14.8 Å². The highest BCUT2D eigenvalue weighted by Gasteiger charge is 2.30. The van der Waals surface area contributed by atoms with Crippen molar-refractivity contribution in [2.24, 2.45) is 0 Å². The van der Waals surface area contributed by atoms with E-state index in [4.69, 9.17) is 14.2 Å². The zero-order chi connectivity index (χ0) is 16.9. The minimum absolute atomic E-state index is 0.152. The van der Waals surface area contributed by atoms with E-state index in [1.165, 1.54) is 18.4 Å². The first-order valence-electron chi connectivity index (χ1n) is 7.65. The predicted molar refractivity (Wildman–Crippen MR) is 88.7 cm³/mol. The number of amides is 1. The van der Waals surface area contributed by atoms with Crippen LogP contribution in [-0.4, -0.2) is 48.3 Å². The minimum atomic E-state index is -0.285. The number of pyridine rings is 1. The molecule has 0 aromatic carbocycles. The maximum absolute atomic E-state index is 12.6. The number of methoxy groups -OCH3 is 1. The lowest BCUT2D eigenvalue weighted by Gasteiger charge is -2.31. The molecule has 1 aliphatic rings. The number of hydrogen-bond acceptors (Lipinski definition) is 7. The van der Waals surface area contributed by atoms with Crippen molar-refractivity contribution >= 4 is 17.2 Å². The summed E-state index contributed by atoms with van der Waals surface area (Å²) in [6, 6.07) is 5.31. The average Bonchev–Trinajstić information content (AvgIpc) is 2.99. The van der Waals surface area contributed by atoms with Gasteiger partial charge in [-0.05, 0) is 19.4 Å². The molecular formula is C16H19N3O4S. The molecule has 1 N–H and O–H groups in total. The highest BCUT2D eigenvalue weighted by atomic mass is 32.1. The summed E-state index contributed by atoms with van der Waals surface area (Å²) in [5.74, 6) is 0.345. The molecule has 0 radical (unpaired) electrons. The molecule has 0 unspecified atom stereocenters. The molecule has 7 nitrogen and oxygen atoms in total. The topological polar surface area (TPSA) is 82.6 Å². The molecule has 2 aromatic rings. The van der Waals surface area contributed by atoms with Crippen LogP contribution in [0, 0.1) is 6.92 Å². The lowest BCUT2D eigenvalue weighted by Crippen LogP contribution is -2.51. The molecule has 0 aliphatic carbocycles. The molecule has 3 rings (SSSR count). The van der Waals surface area contributed by atoms with Crippen molar-refractivity contribution in [2.45, 2.75) is 25.5 Å². The van der Waals surface area contributed by atoms with E-state index in [9.17, 15) is 4.79 Å². The zero-order valence-electron chi connectivity index (χ0n) is 13.5. The SMILES string of the molecule is COc1nc(C)c(C(=O)N[C@@H]2CCOC[C@H]2Oc2ccccn2)s1. The molecule has 1 aliphatic heterocycles. The van der Waals surface area contributed by atoms with Gasteiger partial charge < -0.3 is 19.5 Å². The first-order chi connectivity index (χ1) is 11.7. The minimum Gasteiger partial charge on any atom is -0.473 e. The number of ether oxygens (including phenoxy) is 3. The Kier molecular flexibility index (Phi) is 5.27. The van der Waals surface area contributed by atoms with Crippen LogP contribution in [0.1, 0.15) is 21.8 Å². The number of rotatable bonds is 5. The van der Waals surface area contributed by atoms with Gasteiger partial charge >= 0.3 is 0 Å². The van der Waals surface area contributed by atoms with Gasteiger partial charge in [-0.3, -0.25) is 4.79 Å². The van der Waals surface area contributed by atoms with Gasteiger partial charge in [0.15, 0.2) is 0 Å². The fourth-order valence-electron chi connectivity index (χ4n) is 2.47. The van der Waals surface area contributed by atoms with Crippen LogP contribution in [0.25, 0.3) is 0 Å². The van der Waals surface area contributed by atoms with E-state index in [0.717, 1.165) is 0 Å². The van der Waals surface area contributed by atoms with Gasteiger partial charge in [-0.1, -0.05) is 17.4 Å². The Morgan fingerprint density at radius 1 is 1.46 bits per heavy atom. The van der Waals surface area contributed by atoms with E-state index in [1.54, 1.807) is 19.2 Å². The van der Waals surface area contributed by atoms with Crippen LogP contribution in [0.2, 0.25) is 0 Å². The molecule has 3 heterocycles. The summed E-state index contributed by atoms with van der Waals surface area (Å²) in [6.07, 6.45) is 2.06. The third kappa shape index (κ3) is 3.82. The van der Waals surface area contributed by atoms with Gasteiger partial charge in [-0.2, -0.15) is 0 Å². The van der Waals surface area contributed by atoms with Crippen molar-refractivity contribution in [1.82, 2.24) is 15.3 Å². The maximum Gasteiger partial charge on any atom is 0.273 e. The Balaban J connectivity index is 1.69. The second-order valence-electron chi connectivity index (χ2n) is 5.37. The highest BCUT2D eigenvalue weighted by Crippen LogP contribution is 2.25. The van der Waals surface area contributed by atoms with Crippen molar-refractivity contribution in [3.63, 3.8) is 0 Å². The van der Waals surface area contributed by atoms with Crippen LogP contribution in [0.15, 0.2) is 24.4 Å². The third-order valence-electron chi connectivity index (χ3n) is 3.69. The largest absolute Gasteiger partial charge is 0.473 e. The fraction of sp³-hybridized carbons (Fsp3) is 0.438. The number of aryl methyl sites for hydroxylation is 1. The van der Waals surface area contributed by atoms with Crippen LogP contribution in [-0.2, 0) is 4.74 Å². The number of aromatic nitrogens is 2. The van der Waals surface area contributed by atoms with E-state index < -0.39 is 0 Å². The lowest BCUT2D eigenvalue weighted by atomic mass is 10.1. The monoisotopic (exact) mass is 349 g/mol. The van der Waals surface area contributed by atoms with Crippen molar-refractivity contribution in [3.8, 4) is 11.1 Å². The third-order valence-corrected chi connectivity index (χ3v) is 4.81. The number of carbonyl (C=O) groups excluding carboxylic acids is 1. The average molecular weight is 349 g/mol. The van der Waals surface area contributed by atoms with Gasteiger partial charge in [-0.15, -0.1) is 0 Å². The summed E-state index contributed by atoms with van der Waals surface area (Å²) in [6.45, 7) is 2.78. The first-order valence-corrected chi connectivity index (χ1v) is 8.46. The summed E-state index contributed by atoms with van der Waals surface area (Å²) in [7, 11) is 1.54. The van der Waals surface area contributed by atoms with Crippen LogP contribution >= 0.6 is 11.3 Å². The molecule has 0 bridgehead atoms. The number of nitrogens with zero attached hydrogens (tertiary/aromatic N) is 2. The van der Waals surface area contributed by atoms with Crippen molar-refractivity contribution in [1.29, 1.82) is 0 Å². The molecule has 2 aromatic heterocycles. The van der Waals surface area contributed by atoms with Gasteiger partial charge in [0.25, 0.3) is 11.1 Å². The summed E-state index contributed by atoms with van der Waals surface area (Å²) in [5.41, 5.74) is 0.656. The van der Waals surface area contributed by atoms with Gasteiger partial charge in [0, 0.05) is 18.9 Å². The van der Waals surface area contributed by atoms with Crippen LogP contribution in [0.3, 0.4) is 0 Å². The molecule has 128 valence electrons. The Morgan fingerprint density at radius 2 is 2.33 bits per heavy atom. The molecule has 1 saturated heterocycles. The lowest BCUT2D eigenvalue weighted by molar-refractivity contribution is -0.0152. The smallest absolute Gasteiger partial charge is 0.273 e. The molecule has 0 spiro atoms. The zero-order valence-corrected chi connectivity index (χ0v) is 14.3. The molecule has 0 saturated carbocycles. The second kappa shape index (κ2) is 7.59. The number of thiazole rings is 1. The normalized spacial score (nSPS) is 20.4. The molecule has 24 heavy (non-hydrogen) atoms. The Labute approximate surface area is 144 Å². The first kappa shape index (κ1) is 16.7. The van der Waals surface area contributed by atoms with E-state index in [1.807, 2.05) is 12.1 Å². The number of hydrogen-bond donors (Lipinski definition) is 1. The van der Waals surface area contributed by atoms with Crippen molar-refractivity contribution < 1.29 is 19.0 Å². The van der Waals surface area contributed by atoms with Gasteiger partial charge in [0.2, 0.25) is 5.88 Å². The molecule has 2 atom stereocenters. The maximum atomic E-state index is 12.6. The summed E-state index contributed by atoms with van der Waals surface area (Å²) in [5, 5.41) is 3.50. The van der Waals surface area contributed by atoms with E-state index in [-0.39, 0.29) is 18.1 Å². The fourth-order valence-corrected chi connectivity index (χ4v) is 3.25. The molecule has 1 amide bonds. The molecule has 8 heteroatoms. The Hall–Kier alpha value is -2.19. The highest BCUT2D eigenvalue weighted by molar-refractivity contribution is 7.15. The van der Waals surface area contributed by atoms with E-state index >= 15 is 0 Å². The van der Waals surface area contributed by atoms with Gasteiger partial charge in [0.05, 0.1) is 25.5 Å². The summed E-state index contributed by atoms with van der Waals surface area (Å²) in [4.78, 5) is 21.5. The number of carbonyl (C=O) groups is 1. The van der Waals surface area contributed by atoms with Gasteiger partial charge in [-0.25, -0.2) is 9.97 Å². The van der Waals surface area contributed by atoms with Crippen LogP contribution in [0.5, 0.6) is 11.1 Å². The van der Waals surface area contributed by atoms with Crippen molar-refractivity contribution in [3.05, 3.63) is 35.0 Å². The number of nitrogens with one attached hydrogen (secondary N) is 1. The van der Waals surface area contributed by atoms with Crippen LogP contribution in [0.4, 0.5) is 0 Å². The molecular weight excluding hydrogens is 330 g/mol. The van der Waals surface area contributed by atoms with Crippen molar-refractivity contribution in [2.75, 3.05) is 20.3 Å². The Bertz CT molecular complexity index is 692. The van der Waals surface area contributed by atoms with E-state index in [2.05, 4.69) is 15.3 Å². The van der Waals surface area contributed by atoms with Gasteiger partial charge in [0.1, 0.15) is 11.0 Å². The summed E-state index contributed by atoms with van der Waals surface area (Å²) < 4.78 is 16.4. The quantitative estimate of drug-likeness (QED) is 0.887. The van der Waals surface area contributed by atoms with E-state index in [0.29, 0.717) is 41.3 Å². The predicted octanol–water partition coefficient (Wildman–Crippen LogP) is 1.82. The Morgan fingerprint density at radius 3 is 3.04 bits per heavy atom. The standard InChI is InChI=1S/C16H19N3O4S/c1-10-14(24-16(18-10)21-2)15(20)19-11-6-8-22-9-12(11)23-13-5-3-4-7-17-13/h3-5,7,11-12H,6,8-9H2,1-2H3,(H,19,20)/t11-,12-/m1/s1. The molecule has 1 fully saturated rings.